The molecule has 1 aliphatic rings. The summed E-state index contributed by atoms with van der Waals surface area (Å²) < 4.78 is 7.16. The quantitative estimate of drug-likeness (QED) is 0.727. The number of hydrogen-bond donors (Lipinski definition) is 0. The molecule has 0 spiro atoms. The average Bonchev–Trinajstić information content (AvgIpc) is 3.12. The molecule has 0 saturated heterocycles. The zero-order valence-electron chi connectivity index (χ0n) is 15.5. The molecule has 0 aliphatic carbocycles. The molecule has 134 valence electrons. The SMILES string of the molecule is COc1cccc(-n2nnnc2C2c3ccccc3CC(C)(C)N2C)c1. The summed E-state index contributed by atoms with van der Waals surface area (Å²) in [6, 6.07) is 16.3. The standard InChI is InChI=1S/C20H23N5O/c1-20(2)13-14-8-5-6-11-17(14)18(24(20)3)19-21-22-23-25(19)15-9-7-10-16(12-15)26-4/h5-12,18H,13H2,1-4H3. The van der Waals surface area contributed by atoms with Gasteiger partial charge in [0.15, 0.2) is 5.82 Å². The molecule has 0 fully saturated rings. The minimum Gasteiger partial charge on any atom is -0.497 e. The van der Waals surface area contributed by atoms with Gasteiger partial charge in [-0.05, 0) is 61.0 Å². The predicted octanol–water partition coefficient (Wildman–Crippen LogP) is 3.03. The van der Waals surface area contributed by atoms with E-state index in [9.17, 15) is 0 Å². The zero-order chi connectivity index (χ0) is 18.3. The number of aromatic nitrogens is 4. The second-order valence-electron chi connectivity index (χ2n) is 7.35. The second kappa shape index (κ2) is 6.21. The van der Waals surface area contributed by atoms with Crippen molar-refractivity contribution in [3.63, 3.8) is 0 Å². The summed E-state index contributed by atoms with van der Waals surface area (Å²) in [6.07, 6.45) is 0.997. The van der Waals surface area contributed by atoms with Crippen LogP contribution in [0.15, 0.2) is 48.5 Å². The smallest absolute Gasteiger partial charge is 0.178 e. The minimum absolute atomic E-state index is 0.00414. The molecule has 1 atom stereocenters. The van der Waals surface area contributed by atoms with Gasteiger partial charge < -0.3 is 4.74 Å². The van der Waals surface area contributed by atoms with Gasteiger partial charge in [-0.15, -0.1) is 5.10 Å². The first kappa shape index (κ1) is 16.7. The van der Waals surface area contributed by atoms with Crippen molar-refractivity contribution in [2.45, 2.75) is 31.8 Å². The van der Waals surface area contributed by atoms with Gasteiger partial charge in [-0.3, -0.25) is 4.90 Å². The number of hydrogen-bond acceptors (Lipinski definition) is 5. The molecule has 2 aromatic carbocycles. The molecule has 1 unspecified atom stereocenters. The van der Waals surface area contributed by atoms with E-state index in [2.05, 4.69) is 65.6 Å². The van der Waals surface area contributed by atoms with Crippen molar-refractivity contribution in [1.82, 2.24) is 25.1 Å². The van der Waals surface area contributed by atoms with Crippen molar-refractivity contribution in [2.24, 2.45) is 0 Å². The monoisotopic (exact) mass is 349 g/mol. The van der Waals surface area contributed by atoms with Crippen LogP contribution in [0.2, 0.25) is 0 Å². The van der Waals surface area contributed by atoms with Gasteiger partial charge in [0.2, 0.25) is 0 Å². The van der Waals surface area contributed by atoms with Crippen LogP contribution in [0.4, 0.5) is 0 Å². The molecule has 26 heavy (non-hydrogen) atoms. The summed E-state index contributed by atoms with van der Waals surface area (Å²) in [4.78, 5) is 2.36. The van der Waals surface area contributed by atoms with Gasteiger partial charge >= 0.3 is 0 Å². The van der Waals surface area contributed by atoms with Crippen LogP contribution in [0.25, 0.3) is 5.69 Å². The van der Waals surface area contributed by atoms with Gasteiger partial charge in [-0.1, -0.05) is 30.3 Å². The lowest BCUT2D eigenvalue weighted by Crippen LogP contribution is -2.49. The predicted molar refractivity (Wildman–Crippen MR) is 99.5 cm³/mol. The Kier molecular flexibility index (Phi) is 4.00. The van der Waals surface area contributed by atoms with Gasteiger partial charge in [-0.2, -0.15) is 4.68 Å². The fourth-order valence-corrected chi connectivity index (χ4v) is 3.71. The van der Waals surface area contributed by atoms with Gasteiger partial charge in [-0.25, -0.2) is 0 Å². The average molecular weight is 349 g/mol. The fourth-order valence-electron chi connectivity index (χ4n) is 3.71. The Bertz CT molecular complexity index is 933. The molecule has 6 nitrogen and oxygen atoms in total. The van der Waals surface area contributed by atoms with Crippen LogP contribution in [0.5, 0.6) is 5.75 Å². The third-order valence-corrected chi connectivity index (χ3v) is 5.35. The maximum absolute atomic E-state index is 5.36. The van der Waals surface area contributed by atoms with Crippen LogP contribution in [-0.4, -0.2) is 44.8 Å². The normalized spacial score (nSPS) is 19.2. The number of ether oxygens (including phenoxy) is 1. The van der Waals surface area contributed by atoms with Gasteiger partial charge in [0.25, 0.3) is 0 Å². The summed E-state index contributed by atoms with van der Waals surface area (Å²) >= 11 is 0. The van der Waals surface area contributed by atoms with Crippen molar-refractivity contribution in [3.8, 4) is 11.4 Å². The van der Waals surface area contributed by atoms with Gasteiger partial charge in [0, 0.05) is 11.6 Å². The molecular formula is C20H23N5O. The lowest BCUT2D eigenvalue weighted by atomic mass is 9.81. The Labute approximate surface area is 153 Å². The minimum atomic E-state index is -0.0175. The van der Waals surface area contributed by atoms with E-state index >= 15 is 0 Å². The van der Waals surface area contributed by atoms with E-state index in [1.165, 1.54) is 11.1 Å². The van der Waals surface area contributed by atoms with Crippen molar-refractivity contribution in [3.05, 3.63) is 65.5 Å². The number of tetrazole rings is 1. The summed E-state index contributed by atoms with van der Waals surface area (Å²) in [5.41, 5.74) is 3.50. The van der Waals surface area contributed by atoms with E-state index in [-0.39, 0.29) is 11.6 Å². The Morgan fingerprint density at radius 3 is 2.73 bits per heavy atom. The highest BCUT2D eigenvalue weighted by Gasteiger charge is 2.40. The number of benzene rings is 2. The third kappa shape index (κ3) is 2.66. The first-order chi connectivity index (χ1) is 12.5. The van der Waals surface area contributed by atoms with Crippen LogP contribution in [0.3, 0.4) is 0 Å². The molecule has 1 aromatic heterocycles. The van der Waals surface area contributed by atoms with Crippen LogP contribution in [-0.2, 0) is 6.42 Å². The Morgan fingerprint density at radius 1 is 1.12 bits per heavy atom. The molecule has 6 heteroatoms. The van der Waals surface area contributed by atoms with Crippen molar-refractivity contribution >= 4 is 0 Å². The number of fused-ring (bicyclic) bond motifs is 1. The lowest BCUT2D eigenvalue weighted by molar-refractivity contribution is 0.0993. The summed E-state index contributed by atoms with van der Waals surface area (Å²) in [7, 11) is 3.80. The van der Waals surface area contributed by atoms with Crippen LogP contribution in [0, 0.1) is 0 Å². The van der Waals surface area contributed by atoms with E-state index in [1.807, 2.05) is 28.9 Å². The van der Waals surface area contributed by atoms with Gasteiger partial charge in [0.1, 0.15) is 5.75 Å². The van der Waals surface area contributed by atoms with E-state index in [4.69, 9.17) is 4.74 Å². The van der Waals surface area contributed by atoms with Crippen LogP contribution >= 0.6 is 0 Å². The van der Waals surface area contributed by atoms with Crippen LogP contribution < -0.4 is 4.74 Å². The summed E-state index contributed by atoms with van der Waals surface area (Å²) in [5, 5.41) is 12.7. The highest BCUT2D eigenvalue weighted by Crippen LogP contribution is 2.40. The molecule has 4 rings (SSSR count). The fraction of sp³-hybridized carbons (Fsp3) is 0.350. The van der Waals surface area contributed by atoms with Crippen molar-refractivity contribution in [1.29, 1.82) is 0 Å². The zero-order valence-corrected chi connectivity index (χ0v) is 15.5. The Balaban J connectivity index is 1.87. The number of rotatable bonds is 3. The first-order valence-corrected chi connectivity index (χ1v) is 8.75. The molecule has 0 radical (unpaired) electrons. The molecule has 2 heterocycles. The number of likely N-dealkylation sites (N-methyl/N-ethyl adjacent to an activating group) is 1. The molecule has 0 amide bonds. The highest BCUT2D eigenvalue weighted by atomic mass is 16.5. The second-order valence-corrected chi connectivity index (χ2v) is 7.35. The van der Waals surface area contributed by atoms with Crippen LogP contribution in [0.1, 0.15) is 36.8 Å². The highest BCUT2D eigenvalue weighted by molar-refractivity contribution is 5.42. The molecule has 1 aliphatic heterocycles. The Hall–Kier alpha value is -2.73. The topological polar surface area (TPSA) is 56.1 Å². The summed E-state index contributed by atoms with van der Waals surface area (Å²) in [5.74, 6) is 1.59. The van der Waals surface area contributed by atoms with E-state index in [1.54, 1.807) is 7.11 Å². The Morgan fingerprint density at radius 2 is 1.92 bits per heavy atom. The van der Waals surface area contributed by atoms with Gasteiger partial charge in [0.05, 0.1) is 18.8 Å². The van der Waals surface area contributed by atoms with E-state index in [0.717, 1.165) is 23.7 Å². The third-order valence-electron chi connectivity index (χ3n) is 5.35. The molecule has 0 N–H and O–H groups in total. The summed E-state index contributed by atoms with van der Waals surface area (Å²) in [6.45, 7) is 4.52. The largest absolute Gasteiger partial charge is 0.497 e. The lowest BCUT2D eigenvalue weighted by Gasteiger charge is -2.45. The molecule has 0 bridgehead atoms. The number of nitrogens with zero attached hydrogens (tertiary/aromatic N) is 5. The van der Waals surface area contributed by atoms with E-state index in [0.29, 0.717) is 0 Å². The maximum atomic E-state index is 5.36. The number of methoxy groups -OCH3 is 1. The van der Waals surface area contributed by atoms with E-state index < -0.39 is 0 Å². The molecule has 0 saturated carbocycles. The molecular weight excluding hydrogens is 326 g/mol. The first-order valence-electron chi connectivity index (χ1n) is 8.75. The maximum Gasteiger partial charge on any atom is 0.178 e. The van der Waals surface area contributed by atoms with Crippen molar-refractivity contribution < 1.29 is 4.74 Å². The van der Waals surface area contributed by atoms with Crippen molar-refractivity contribution in [2.75, 3.05) is 14.2 Å². The molecule has 3 aromatic rings.